The van der Waals surface area contributed by atoms with Gasteiger partial charge in [0, 0.05) is 0 Å². The number of nitrogens with zero attached hydrogens (tertiary/aromatic N) is 4. The van der Waals surface area contributed by atoms with E-state index in [2.05, 4.69) is 20.6 Å². The maximum Gasteiger partial charge on any atom is 0.253 e. The third-order valence-corrected chi connectivity index (χ3v) is 2.86. The van der Waals surface area contributed by atoms with E-state index in [0.29, 0.717) is 5.71 Å². The van der Waals surface area contributed by atoms with E-state index in [-0.39, 0.29) is 11.2 Å². The van der Waals surface area contributed by atoms with Crippen LogP contribution in [0, 0.1) is 0 Å². The highest BCUT2D eigenvalue weighted by molar-refractivity contribution is 6.48. The number of amides is 1. The molecule has 1 aromatic heterocycles. The van der Waals surface area contributed by atoms with Crippen LogP contribution in [-0.4, -0.2) is 31.4 Å². The summed E-state index contributed by atoms with van der Waals surface area (Å²) >= 11 is 11.8. The first-order valence-electron chi connectivity index (χ1n) is 4.10. The minimum Gasteiger partial charge on any atom is -0.291 e. The minimum absolute atomic E-state index is 0.0685. The Balaban J connectivity index is 2.61. The van der Waals surface area contributed by atoms with Gasteiger partial charge in [0.15, 0.2) is 4.87 Å². The van der Waals surface area contributed by atoms with Gasteiger partial charge in [0.2, 0.25) is 5.28 Å². The lowest BCUT2D eigenvalue weighted by molar-refractivity contribution is -0.116. The maximum absolute atomic E-state index is 11.7. The maximum atomic E-state index is 11.7. The second-order valence-electron chi connectivity index (χ2n) is 3.25. The summed E-state index contributed by atoms with van der Waals surface area (Å²) in [7, 11) is 0. The Hall–Kier alpha value is -1.14. The van der Waals surface area contributed by atoms with Gasteiger partial charge in [0.1, 0.15) is 0 Å². The van der Waals surface area contributed by atoms with Gasteiger partial charge in [-0.05, 0) is 25.4 Å². The van der Waals surface area contributed by atoms with Crippen molar-refractivity contribution in [1.29, 1.82) is 0 Å². The molecule has 0 aromatic carbocycles. The van der Waals surface area contributed by atoms with E-state index in [1.54, 1.807) is 13.8 Å². The zero-order chi connectivity index (χ0) is 11.2. The third kappa shape index (κ3) is 1.49. The zero-order valence-electron chi connectivity index (χ0n) is 7.95. The topological polar surface area (TPSA) is 72.2 Å². The summed E-state index contributed by atoms with van der Waals surface area (Å²) in [5.74, 6) is -0.248. The summed E-state index contributed by atoms with van der Waals surface area (Å²) in [4.78, 5) is 10.5. The molecule has 8 heteroatoms. The van der Waals surface area contributed by atoms with Crippen molar-refractivity contribution in [3.8, 4) is 0 Å². The lowest BCUT2D eigenvalue weighted by Crippen LogP contribution is -2.40. The Morgan fingerprint density at radius 3 is 2.80 bits per heavy atom. The molecule has 0 fully saturated rings. The molecule has 1 N–H and O–H groups in total. The first-order chi connectivity index (χ1) is 6.93. The first-order valence-corrected chi connectivity index (χ1v) is 4.86. The molecular weight excluding hydrogens is 241 g/mol. The monoisotopic (exact) mass is 247 g/mol. The second-order valence-corrected chi connectivity index (χ2v) is 4.34. The van der Waals surface area contributed by atoms with E-state index in [1.165, 1.54) is 4.68 Å². The van der Waals surface area contributed by atoms with Crippen molar-refractivity contribution in [3.63, 3.8) is 0 Å². The van der Waals surface area contributed by atoms with Crippen LogP contribution in [0.5, 0.6) is 0 Å². The number of rotatable bonds is 0. The molecule has 1 aliphatic rings. The van der Waals surface area contributed by atoms with E-state index < -0.39 is 10.8 Å². The lowest BCUT2D eigenvalue weighted by Gasteiger charge is -2.16. The molecule has 0 saturated carbocycles. The summed E-state index contributed by atoms with van der Waals surface area (Å²) in [6, 6.07) is 0. The number of alkyl halides is 1. The average Bonchev–Trinajstić information content (AvgIpc) is 2.45. The first kappa shape index (κ1) is 10.4. The van der Waals surface area contributed by atoms with Crippen LogP contribution in [-0.2, 0) is 4.79 Å². The molecule has 6 nitrogen and oxygen atoms in total. The molecule has 1 unspecified atom stereocenters. The Morgan fingerprint density at radius 1 is 1.47 bits per heavy atom. The summed E-state index contributed by atoms with van der Waals surface area (Å²) in [6.45, 7) is 3.19. The number of anilines is 1. The number of aromatic nitrogens is 3. The van der Waals surface area contributed by atoms with Crippen LogP contribution in [0.4, 0.5) is 5.95 Å². The molecule has 0 radical (unpaired) electrons. The van der Waals surface area contributed by atoms with Crippen molar-refractivity contribution in [2.45, 2.75) is 18.7 Å². The predicted molar refractivity (Wildman–Crippen MR) is 56.4 cm³/mol. The van der Waals surface area contributed by atoms with Crippen LogP contribution >= 0.6 is 23.2 Å². The molecular formula is C7H7Cl2N5O. The van der Waals surface area contributed by atoms with Crippen LogP contribution in [0.1, 0.15) is 13.8 Å². The molecule has 1 aromatic rings. The molecule has 1 amide bonds. The van der Waals surface area contributed by atoms with Crippen molar-refractivity contribution in [2.24, 2.45) is 5.10 Å². The highest BCUT2D eigenvalue weighted by Crippen LogP contribution is 2.24. The van der Waals surface area contributed by atoms with Crippen molar-refractivity contribution >= 4 is 40.8 Å². The molecule has 0 aliphatic carbocycles. The number of hydrogen-bond acceptors (Lipinski definition) is 4. The number of carbonyl (C=O) groups is 1. The van der Waals surface area contributed by atoms with E-state index in [0.717, 1.165) is 0 Å². The van der Waals surface area contributed by atoms with Crippen molar-refractivity contribution in [3.05, 3.63) is 5.28 Å². The second kappa shape index (κ2) is 3.18. The highest BCUT2D eigenvalue weighted by atomic mass is 35.5. The van der Waals surface area contributed by atoms with Gasteiger partial charge in [0.25, 0.3) is 11.9 Å². The van der Waals surface area contributed by atoms with Crippen LogP contribution in [0.3, 0.4) is 0 Å². The Bertz CT molecular complexity index is 464. The fraction of sp³-hybridized carbons (Fsp3) is 0.429. The fourth-order valence-electron chi connectivity index (χ4n) is 1.05. The Morgan fingerprint density at radius 2 is 2.13 bits per heavy atom. The van der Waals surface area contributed by atoms with Crippen molar-refractivity contribution in [2.75, 3.05) is 5.32 Å². The van der Waals surface area contributed by atoms with Gasteiger partial charge in [-0.25, -0.2) is 0 Å². The van der Waals surface area contributed by atoms with Crippen molar-refractivity contribution in [1.82, 2.24) is 14.9 Å². The van der Waals surface area contributed by atoms with Crippen LogP contribution < -0.4 is 5.32 Å². The smallest absolute Gasteiger partial charge is 0.253 e. The number of fused-ring (bicyclic) bond motifs is 1. The molecule has 1 aliphatic heterocycles. The Kier molecular flexibility index (Phi) is 2.20. The van der Waals surface area contributed by atoms with Gasteiger partial charge >= 0.3 is 0 Å². The lowest BCUT2D eigenvalue weighted by atomic mass is 10.1. The van der Waals surface area contributed by atoms with Crippen LogP contribution in [0.25, 0.3) is 0 Å². The molecule has 0 saturated heterocycles. The van der Waals surface area contributed by atoms with E-state index in [4.69, 9.17) is 23.2 Å². The molecule has 0 bridgehead atoms. The SMILES string of the molecule is CC1=Nn2c(Cl)nnc2NC(=O)C1(C)Cl. The average molecular weight is 248 g/mol. The normalized spacial score (nSPS) is 25.3. The standard InChI is InChI=1S/C7H7Cl2N5O/c1-3-7(2,9)4(15)10-6-12-11-5(8)14(6)13-3/h1-2H3,(H,10,12,15). The summed E-state index contributed by atoms with van der Waals surface area (Å²) in [6.07, 6.45) is 0. The van der Waals surface area contributed by atoms with Gasteiger partial charge in [-0.1, -0.05) is 0 Å². The molecule has 2 rings (SSSR count). The van der Waals surface area contributed by atoms with Crippen molar-refractivity contribution < 1.29 is 4.79 Å². The van der Waals surface area contributed by atoms with Crippen LogP contribution in [0.15, 0.2) is 5.10 Å². The molecule has 2 heterocycles. The number of nitrogens with one attached hydrogen (secondary N) is 1. The Labute approximate surface area is 95.3 Å². The summed E-state index contributed by atoms with van der Waals surface area (Å²) in [5.41, 5.74) is 0.419. The van der Waals surface area contributed by atoms with E-state index >= 15 is 0 Å². The summed E-state index contributed by atoms with van der Waals surface area (Å²) < 4.78 is 1.22. The van der Waals surface area contributed by atoms with E-state index in [9.17, 15) is 4.79 Å². The van der Waals surface area contributed by atoms with Gasteiger partial charge in [-0.3, -0.25) is 10.1 Å². The number of carbonyl (C=O) groups excluding carboxylic acids is 1. The number of hydrogen-bond donors (Lipinski definition) is 1. The largest absolute Gasteiger partial charge is 0.291 e. The highest BCUT2D eigenvalue weighted by Gasteiger charge is 2.37. The molecule has 1 atom stereocenters. The molecule has 0 spiro atoms. The predicted octanol–water partition coefficient (Wildman–Crippen LogP) is 1.11. The molecule has 15 heavy (non-hydrogen) atoms. The van der Waals surface area contributed by atoms with Crippen LogP contribution in [0.2, 0.25) is 5.28 Å². The fourth-order valence-corrected chi connectivity index (χ4v) is 1.30. The van der Waals surface area contributed by atoms with Gasteiger partial charge in [-0.15, -0.1) is 21.8 Å². The summed E-state index contributed by atoms with van der Waals surface area (Å²) in [5, 5.41) is 13.8. The zero-order valence-corrected chi connectivity index (χ0v) is 9.46. The van der Waals surface area contributed by atoms with E-state index in [1.807, 2.05) is 0 Å². The van der Waals surface area contributed by atoms with Gasteiger partial charge < -0.3 is 0 Å². The van der Waals surface area contributed by atoms with Gasteiger partial charge in [-0.2, -0.15) is 9.78 Å². The third-order valence-electron chi connectivity index (χ3n) is 2.18. The quantitative estimate of drug-likeness (QED) is 0.699. The molecule has 80 valence electrons. The van der Waals surface area contributed by atoms with Gasteiger partial charge in [0.05, 0.1) is 5.71 Å². The number of halogens is 2. The minimum atomic E-state index is -1.20.